The van der Waals surface area contributed by atoms with E-state index in [1.54, 1.807) is 0 Å². The predicted molar refractivity (Wildman–Crippen MR) is 72.2 cm³/mol. The van der Waals surface area contributed by atoms with Crippen LogP contribution in [0, 0.1) is 0 Å². The Morgan fingerprint density at radius 2 is 1.82 bits per heavy atom. The molecule has 1 aromatic rings. The second-order valence-electron chi connectivity index (χ2n) is 3.83. The fourth-order valence-electron chi connectivity index (χ4n) is 1.96. The summed E-state index contributed by atoms with van der Waals surface area (Å²) in [6.07, 6.45) is 0.974. The van der Waals surface area contributed by atoms with Crippen LogP contribution < -0.4 is 14.8 Å². The monoisotopic (exact) mass is 251 g/mol. The number of nitrogens with one attached hydrogen (secondary N) is 1. The smallest absolute Gasteiger partial charge is 0.161 e. The van der Waals surface area contributed by atoms with Crippen LogP contribution in [0.3, 0.4) is 0 Å². The molecule has 1 N–H and O–H groups in total. The van der Waals surface area contributed by atoms with Crippen molar-refractivity contribution >= 4 is 17.2 Å². The first-order valence-electron chi connectivity index (χ1n) is 5.97. The summed E-state index contributed by atoms with van der Waals surface area (Å²) in [6, 6.07) is 4.04. The molecule has 0 saturated carbocycles. The van der Waals surface area contributed by atoms with Crippen molar-refractivity contribution in [2.45, 2.75) is 20.3 Å². The molecular formula is C13H17NO2S. The second kappa shape index (κ2) is 5.36. The summed E-state index contributed by atoms with van der Waals surface area (Å²) in [7, 11) is 0. The quantitative estimate of drug-likeness (QED) is 0.832. The van der Waals surface area contributed by atoms with Crippen molar-refractivity contribution in [2.75, 3.05) is 19.8 Å². The largest absolute Gasteiger partial charge is 0.490 e. The molecule has 0 radical (unpaired) electrons. The molecule has 4 heteroatoms. The van der Waals surface area contributed by atoms with Crippen molar-refractivity contribution in [3.8, 4) is 11.5 Å². The maximum absolute atomic E-state index is 5.60. The molecule has 0 amide bonds. The van der Waals surface area contributed by atoms with E-state index < -0.39 is 0 Å². The summed E-state index contributed by atoms with van der Waals surface area (Å²) >= 11 is 5.30. The van der Waals surface area contributed by atoms with Gasteiger partial charge in [0.1, 0.15) is 4.99 Å². The lowest BCUT2D eigenvalue weighted by Gasteiger charge is -2.21. The van der Waals surface area contributed by atoms with Gasteiger partial charge in [0.2, 0.25) is 0 Å². The first-order chi connectivity index (χ1) is 8.26. The lowest BCUT2D eigenvalue weighted by atomic mass is 10.00. The number of thiocarbonyl (C=S) groups is 1. The number of ether oxygens (including phenoxy) is 2. The second-order valence-corrected chi connectivity index (χ2v) is 4.24. The van der Waals surface area contributed by atoms with Crippen molar-refractivity contribution < 1.29 is 9.47 Å². The minimum absolute atomic E-state index is 0.624. The van der Waals surface area contributed by atoms with E-state index >= 15 is 0 Å². The topological polar surface area (TPSA) is 30.5 Å². The van der Waals surface area contributed by atoms with Crippen LogP contribution in [-0.4, -0.2) is 24.7 Å². The average Bonchev–Trinajstić information content (AvgIpc) is 2.32. The standard InChI is InChI=1S/C13H17NO2S/c1-3-15-11-7-9-5-6-14-13(17)10(9)8-12(11)16-4-2/h7-8H,3-6H2,1-2H3,(H,14,17). The zero-order chi connectivity index (χ0) is 12.3. The third kappa shape index (κ3) is 2.52. The van der Waals surface area contributed by atoms with Gasteiger partial charge in [-0.1, -0.05) is 12.2 Å². The highest BCUT2D eigenvalue weighted by molar-refractivity contribution is 7.80. The Morgan fingerprint density at radius 3 is 2.47 bits per heavy atom. The van der Waals surface area contributed by atoms with E-state index in [2.05, 4.69) is 11.4 Å². The zero-order valence-electron chi connectivity index (χ0n) is 10.2. The Bertz CT molecular complexity index is 432. The molecule has 17 heavy (non-hydrogen) atoms. The van der Waals surface area contributed by atoms with Crippen LogP contribution in [-0.2, 0) is 6.42 Å². The minimum Gasteiger partial charge on any atom is -0.490 e. The average molecular weight is 251 g/mol. The van der Waals surface area contributed by atoms with E-state index in [9.17, 15) is 0 Å². The van der Waals surface area contributed by atoms with Crippen molar-refractivity contribution in [3.63, 3.8) is 0 Å². The van der Waals surface area contributed by atoms with Gasteiger partial charge in [0.15, 0.2) is 11.5 Å². The lowest BCUT2D eigenvalue weighted by Crippen LogP contribution is -2.31. The van der Waals surface area contributed by atoms with Crippen molar-refractivity contribution in [1.82, 2.24) is 5.32 Å². The van der Waals surface area contributed by atoms with Gasteiger partial charge < -0.3 is 14.8 Å². The van der Waals surface area contributed by atoms with Crippen LogP contribution in [0.25, 0.3) is 0 Å². The SMILES string of the molecule is CCOc1cc2c(cc1OCC)C(=S)NCC2. The Balaban J connectivity index is 2.42. The van der Waals surface area contributed by atoms with E-state index in [0.717, 1.165) is 35.0 Å². The van der Waals surface area contributed by atoms with Gasteiger partial charge in [0.25, 0.3) is 0 Å². The third-order valence-corrected chi connectivity index (χ3v) is 3.06. The number of benzene rings is 1. The van der Waals surface area contributed by atoms with Gasteiger partial charge in [-0.15, -0.1) is 0 Å². The normalized spacial score (nSPS) is 13.9. The Hall–Kier alpha value is -1.29. The maximum Gasteiger partial charge on any atom is 0.161 e. The van der Waals surface area contributed by atoms with Crippen molar-refractivity contribution in [1.29, 1.82) is 0 Å². The van der Waals surface area contributed by atoms with Gasteiger partial charge in [0.05, 0.1) is 13.2 Å². The molecule has 92 valence electrons. The van der Waals surface area contributed by atoms with Gasteiger partial charge in [-0.3, -0.25) is 0 Å². The van der Waals surface area contributed by atoms with Gasteiger partial charge >= 0.3 is 0 Å². The summed E-state index contributed by atoms with van der Waals surface area (Å²) in [5.74, 6) is 1.59. The van der Waals surface area contributed by atoms with Crippen LogP contribution in [0.5, 0.6) is 11.5 Å². The molecule has 1 aliphatic rings. The predicted octanol–water partition coefficient (Wildman–Crippen LogP) is 2.31. The van der Waals surface area contributed by atoms with Gasteiger partial charge in [-0.05, 0) is 38.0 Å². The molecule has 2 rings (SSSR count). The first-order valence-corrected chi connectivity index (χ1v) is 6.37. The van der Waals surface area contributed by atoms with E-state index in [1.807, 2.05) is 19.9 Å². The molecular weight excluding hydrogens is 234 g/mol. The maximum atomic E-state index is 5.60. The third-order valence-electron chi connectivity index (χ3n) is 2.69. The highest BCUT2D eigenvalue weighted by Gasteiger charge is 2.17. The molecule has 1 aliphatic heterocycles. The highest BCUT2D eigenvalue weighted by Crippen LogP contribution is 2.32. The first kappa shape index (κ1) is 12.2. The Kier molecular flexibility index (Phi) is 3.84. The van der Waals surface area contributed by atoms with Crippen LogP contribution in [0.1, 0.15) is 25.0 Å². The molecule has 3 nitrogen and oxygen atoms in total. The number of fused-ring (bicyclic) bond motifs is 1. The zero-order valence-corrected chi connectivity index (χ0v) is 11.0. The molecule has 0 saturated heterocycles. The molecule has 0 aliphatic carbocycles. The van der Waals surface area contributed by atoms with Crippen molar-refractivity contribution in [3.05, 3.63) is 23.3 Å². The van der Waals surface area contributed by atoms with Crippen LogP contribution in [0.2, 0.25) is 0 Å². The highest BCUT2D eigenvalue weighted by atomic mass is 32.1. The van der Waals surface area contributed by atoms with E-state index in [-0.39, 0.29) is 0 Å². The van der Waals surface area contributed by atoms with Crippen LogP contribution in [0.4, 0.5) is 0 Å². The van der Waals surface area contributed by atoms with Gasteiger partial charge in [0, 0.05) is 12.1 Å². The molecule has 0 unspecified atom stereocenters. The molecule has 1 heterocycles. The number of hydrogen-bond acceptors (Lipinski definition) is 3. The van der Waals surface area contributed by atoms with E-state index in [0.29, 0.717) is 13.2 Å². The van der Waals surface area contributed by atoms with Crippen LogP contribution in [0.15, 0.2) is 12.1 Å². The summed E-state index contributed by atoms with van der Waals surface area (Å²) < 4.78 is 11.2. The van der Waals surface area contributed by atoms with E-state index in [4.69, 9.17) is 21.7 Å². The Labute approximate surface area is 107 Å². The fourth-order valence-corrected chi connectivity index (χ4v) is 2.25. The Morgan fingerprint density at radius 1 is 1.18 bits per heavy atom. The number of rotatable bonds is 4. The summed E-state index contributed by atoms with van der Waals surface area (Å²) in [4.78, 5) is 0.801. The number of hydrogen-bond donors (Lipinski definition) is 1. The lowest BCUT2D eigenvalue weighted by molar-refractivity contribution is 0.287. The molecule has 0 fully saturated rings. The molecule has 0 atom stereocenters. The van der Waals surface area contributed by atoms with Crippen molar-refractivity contribution in [2.24, 2.45) is 0 Å². The molecule has 0 aromatic heterocycles. The summed E-state index contributed by atoms with van der Waals surface area (Å²) in [5.41, 5.74) is 2.30. The summed E-state index contributed by atoms with van der Waals surface area (Å²) in [5, 5.41) is 3.19. The van der Waals surface area contributed by atoms with Crippen LogP contribution >= 0.6 is 12.2 Å². The minimum atomic E-state index is 0.624. The fraction of sp³-hybridized carbons (Fsp3) is 0.462. The van der Waals surface area contributed by atoms with E-state index in [1.165, 1.54) is 5.56 Å². The summed E-state index contributed by atoms with van der Waals surface area (Å²) in [6.45, 7) is 6.10. The molecule has 1 aromatic carbocycles. The van der Waals surface area contributed by atoms with Gasteiger partial charge in [-0.2, -0.15) is 0 Å². The molecule has 0 spiro atoms. The van der Waals surface area contributed by atoms with Gasteiger partial charge in [-0.25, -0.2) is 0 Å². The molecule has 0 bridgehead atoms.